The first-order valence-corrected chi connectivity index (χ1v) is 7.59. The molecule has 0 spiro atoms. The van der Waals surface area contributed by atoms with E-state index < -0.39 is 11.4 Å². The fourth-order valence-corrected chi connectivity index (χ4v) is 2.55. The summed E-state index contributed by atoms with van der Waals surface area (Å²) >= 11 is 0. The molecule has 1 fully saturated rings. The molecule has 1 amide bonds. The van der Waals surface area contributed by atoms with Gasteiger partial charge in [0.2, 0.25) is 5.91 Å². The van der Waals surface area contributed by atoms with E-state index in [1.807, 2.05) is 0 Å². The molecule has 0 bridgehead atoms. The van der Waals surface area contributed by atoms with Crippen LogP contribution < -0.4 is 11.1 Å². The van der Waals surface area contributed by atoms with E-state index >= 15 is 0 Å². The average molecular weight is 300 g/mol. The van der Waals surface area contributed by atoms with Gasteiger partial charge < -0.3 is 20.9 Å². The maximum atomic E-state index is 11.9. The zero-order chi connectivity index (χ0) is 15.9. The average Bonchev–Trinajstić information content (AvgIpc) is 2.44. The second kappa shape index (κ2) is 7.75. The van der Waals surface area contributed by atoms with Gasteiger partial charge in [0.1, 0.15) is 0 Å². The molecule has 0 atom stereocenters. The van der Waals surface area contributed by atoms with Crippen LogP contribution in [0.3, 0.4) is 0 Å². The lowest BCUT2D eigenvalue weighted by Gasteiger charge is -2.33. The van der Waals surface area contributed by atoms with Gasteiger partial charge in [-0.25, -0.2) is 0 Å². The van der Waals surface area contributed by atoms with Crippen LogP contribution in [0.4, 0.5) is 0 Å². The highest BCUT2D eigenvalue weighted by Crippen LogP contribution is 2.30. The van der Waals surface area contributed by atoms with Gasteiger partial charge in [-0.05, 0) is 37.6 Å². The molecule has 1 aliphatic heterocycles. The van der Waals surface area contributed by atoms with Gasteiger partial charge in [0.25, 0.3) is 0 Å². The smallest absolute Gasteiger partial charge is 0.311 e. The largest absolute Gasteiger partial charge is 0.481 e. The summed E-state index contributed by atoms with van der Waals surface area (Å²) in [5.74, 6) is -0.943. The summed E-state index contributed by atoms with van der Waals surface area (Å²) in [5, 5.41) is 12.2. The first-order valence-electron chi connectivity index (χ1n) is 7.59. The van der Waals surface area contributed by atoms with Gasteiger partial charge in [-0.1, -0.05) is 13.8 Å². The van der Waals surface area contributed by atoms with Gasteiger partial charge in [-0.15, -0.1) is 0 Å². The topological polar surface area (TPSA) is 102 Å². The lowest BCUT2D eigenvalue weighted by atomic mass is 9.80. The molecule has 0 radical (unpaired) electrons. The fraction of sp³-hybridized carbons (Fsp3) is 0.867. The van der Waals surface area contributed by atoms with E-state index in [4.69, 9.17) is 10.5 Å². The SMILES string of the molecule is CC(C)(CCN)CCC(=O)NCC1(C(=O)O)CCOCC1. The number of nitrogens with two attached hydrogens (primary N) is 1. The van der Waals surface area contributed by atoms with Crippen molar-refractivity contribution in [3.8, 4) is 0 Å². The summed E-state index contributed by atoms with van der Waals surface area (Å²) in [7, 11) is 0. The van der Waals surface area contributed by atoms with E-state index in [1.54, 1.807) is 0 Å². The van der Waals surface area contributed by atoms with Crippen LogP contribution in [-0.2, 0) is 14.3 Å². The molecule has 1 rings (SSSR count). The van der Waals surface area contributed by atoms with Gasteiger partial charge in [0, 0.05) is 26.2 Å². The molecule has 0 aromatic rings. The first kappa shape index (κ1) is 17.9. The number of nitrogens with one attached hydrogen (secondary N) is 1. The van der Waals surface area contributed by atoms with Crippen molar-refractivity contribution in [2.75, 3.05) is 26.3 Å². The van der Waals surface area contributed by atoms with E-state index in [0.717, 1.165) is 12.8 Å². The quantitative estimate of drug-likeness (QED) is 0.624. The van der Waals surface area contributed by atoms with Crippen LogP contribution in [0, 0.1) is 10.8 Å². The summed E-state index contributed by atoms with van der Waals surface area (Å²) in [5.41, 5.74) is 4.71. The highest BCUT2D eigenvalue weighted by Gasteiger charge is 2.40. The molecule has 4 N–H and O–H groups in total. The van der Waals surface area contributed by atoms with Crippen molar-refractivity contribution in [1.29, 1.82) is 0 Å². The molecule has 6 nitrogen and oxygen atoms in total. The monoisotopic (exact) mass is 300 g/mol. The van der Waals surface area contributed by atoms with Gasteiger partial charge in [0.05, 0.1) is 5.41 Å². The zero-order valence-electron chi connectivity index (χ0n) is 13.1. The number of rotatable bonds is 8. The molecular formula is C15H28N2O4. The molecule has 0 unspecified atom stereocenters. The number of carboxylic acid groups (broad SMARTS) is 1. The van der Waals surface area contributed by atoms with Crippen molar-refractivity contribution in [1.82, 2.24) is 5.32 Å². The van der Waals surface area contributed by atoms with Crippen LogP contribution in [0.15, 0.2) is 0 Å². The van der Waals surface area contributed by atoms with E-state index in [2.05, 4.69) is 19.2 Å². The Morgan fingerprint density at radius 3 is 2.43 bits per heavy atom. The summed E-state index contributed by atoms with van der Waals surface area (Å²) < 4.78 is 5.21. The van der Waals surface area contributed by atoms with Gasteiger partial charge in [0.15, 0.2) is 0 Å². The molecule has 0 aliphatic carbocycles. The van der Waals surface area contributed by atoms with Crippen molar-refractivity contribution in [2.45, 2.75) is 46.0 Å². The standard InChI is InChI=1S/C15H28N2O4/c1-14(2,5-8-16)4-3-12(18)17-11-15(13(19)20)6-9-21-10-7-15/h3-11,16H2,1-2H3,(H,17,18)(H,19,20). The second-order valence-electron chi connectivity index (χ2n) is 6.68. The molecule has 0 saturated carbocycles. The van der Waals surface area contributed by atoms with Crippen molar-refractivity contribution >= 4 is 11.9 Å². The van der Waals surface area contributed by atoms with Crippen LogP contribution in [0.1, 0.15) is 46.0 Å². The van der Waals surface area contributed by atoms with E-state index in [0.29, 0.717) is 39.0 Å². The Hall–Kier alpha value is -1.14. The predicted octanol–water partition coefficient (Wildman–Crippen LogP) is 1.14. The predicted molar refractivity (Wildman–Crippen MR) is 79.8 cm³/mol. The van der Waals surface area contributed by atoms with Gasteiger partial charge in [-0.3, -0.25) is 9.59 Å². The zero-order valence-corrected chi connectivity index (χ0v) is 13.1. The number of carbonyl (C=O) groups excluding carboxylic acids is 1. The lowest BCUT2D eigenvalue weighted by molar-refractivity contribution is -0.154. The van der Waals surface area contributed by atoms with E-state index in [9.17, 15) is 14.7 Å². The molecule has 21 heavy (non-hydrogen) atoms. The van der Waals surface area contributed by atoms with E-state index in [-0.39, 0.29) is 17.9 Å². The molecule has 6 heteroatoms. The third-order valence-electron chi connectivity index (χ3n) is 4.38. The van der Waals surface area contributed by atoms with Crippen LogP contribution in [0.2, 0.25) is 0 Å². The number of carboxylic acids is 1. The fourth-order valence-electron chi connectivity index (χ4n) is 2.55. The third kappa shape index (κ3) is 5.63. The Kier molecular flexibility index (Phi) is 6.61. The minimum atomic E-state index is -0.874. The minimum Gasteiger partial charge on any atom is -0.481 e. The molecular weight excluding hydrogens is 272 g/mol. The second-order valence-corrected chi connectivity index (χ2v) is 6.68. The molecule has 0 aromatic carbocycles. The van der Waals surface area contributed by atoms with Crippen molar-refractivity contribution in [3.63, 3.8) is 0 Å². The number of hydrogen-bond acceptors (Lipinski definition) is 4. The number of carbonyl (C=O) groups is 2. The lowest BCUT2D eigenvalue weighted by Crippen LogP contribution is -2.46. The van der Waals surface area contributed by atoms with Crippen LogP contribution in [0.5, 0.6) is 0 Å². The number of aliphatic carboxylic acids is 1. The summed E-state index contributed by atoms with van der Waals surface area (Å²) in [6.45, 7) is 5.84. The Balaban J connectivity index is 2.42. The molecule has 1 aliphatic rings. The van der Waals surface area contributed by atoms with Crippen LogP contribution in [0.25, 0.3) is 0 Å². The summed E-state index contributed by atoms with van der Waals surface area (Å²) in [6.07, 6.45) is 2.91. The summed E-state index contributed by atoms with van der Waals surface area (Å²) in [4.78, 5) is 23.4. The Labute approximate surface area is 126 Å². The number of amides is 1. The number of hydrogen-bond donors (Lipinski definition) is 3. The maximum absolute atomic E-state index is 11.9. The Morgan fingerprint density at radius 2 is 1.90 bits per heavy atom. The van der Waals surface area contributed by atoms with Gasteiger partial charge >= 0.3 is 5.97 Å². The van der Waals surface area contributed by atoms with Crippen molar-refractivity contribution in [2.24, 2.45) is 16.6 Å². The Morgan fingerprint density at radius 1 is 1.29 bits per heavy atom. The molecule has 1 heterocycles. The third-order valence-corrected chi connectivity index (χ3v) is 4.38. The highest BCUT2D eigenvalue weighted by atomic mass is 16.5. The molecule has 122 valence electrons. The minimum absolute atomic E-state index is 0.0370. The van der Waals surface area contributed by atoms with E-state index in [1.165, 1.54) is 0 Å². The number of ether oxygens (including phenoxy) is 1. The normalized spacial score (nSPS) is 18.2. The molecule has 0 aromatic heterocycles. The first-order chi connectivity index (χ1) is 9.81. The molecule has 1 saturated heterocycles. The van der Waals surface area contributed by atoms with Crippen LogP contribution >= 0.6 is 0 Å². The maximum Gasteiger partial charge on any atom is 0.311 e. The van der Waals surface area contributed by atoms with Crippen molar-refractivity contribution < 1.29 is 19.4 Å². The highest BCUT2D eigenvalue weighted by molar-refractivity contribution is 5.79. The van der Waals surface area contributed by atoms with Crippen molar-refractivity contribution in [3.05, 3.63) is 0 Å². The summed E-state index contributed by atoms with van der Waals surface area (Å²) in [6, 6.07) is 0. The van der Waals surface area contributed by atoms with Crippen LogP contribution in [-0.4, -0.2) is 43.3 Å². The van der Waals surface area contributed by atoms with Gasteiger partial charge in [-0.2, -0.15) is 0 Å². The Bertz CT molecular complexity index is 363.